The number of halogens is 1. The molecule has 2 aromatic rings. The summed E-state index contributed by atoms with van der Waals surface area (Å²) in [6, 6.07) is 10.5. The number of hydrogen-bond donors (Lipinski definition) is 1. The van der Waals surface area contributed by atoms with Gasteiger partial charge in [0.05, 0.1) is 12.0 Å². The second-order valence-corrected chi connectivity index (χ2v) is 5.00. The molecule has 0 amide bonds. The largest absolute Gasteiger partial charge is 0.496 e. The average molecular weight is 307 g/mol. The van der Waals surface area contributed by atoms with Gasteiger partial charge in [0.15, 0.2) is 0 Å². The number of methoxy groups -OCH3 is 1. The minimum absolute atomic E-state index is 0.113. The SMILES string of the molecule is COc1ccc(C)cc1CNc1ccc(Cl)c([N+](=O)[O-])c1. The molecular formula is C15H15ClN2O3. The maximum atomic E-state index is 10.9. The number of anilines is 1. The molecule has 1 N–H and O–H groups in total. The van der Waals surface area contributed by atoms with Crippen molar-refractivity contribution in [1.82, 2.24) is 0 Å². The Morgan fingerprint density at radius 1 is 1.29 bits per heavy atom. The number of nitrogens with one attached hydrogen (secondary N) is 1. The molecule has 6 heteroatoms. The van der Waals surface area contributed by atoms with Gasteiger partial charge in [-0.15, -0.1) is 0 Å². The molecule has 0 saturated heterocycles. The van der Waals surface area contributed by atoms with Crippen molar-refractivity contribution in [2.45, 2.75) is 13.5 Å². The maximum absolute atomic E-state index is 10.9. The van der Waals surface area contributed by atoms with Crippen molar-refractivity contribution in [2.75, 3.05) is 12.4 Å². The van der Waals surface area contributed by atoms with Crippen LogP contribution in [-0.4, -0.2) is 12.0 Å². The van der Waals surface area contributed by atoms with Crippen LogP contribution in [0, 0.1) is 17.0 Å². The van der Waals surface area contributed by atoms with Crippen molar-refractivity contribution in [3.63, 3.8) is 0 Å². The first-order chi connectivity index (χ1) is 10.0. The molecular weight excluding hydrogens is 292 g/mol. The zero-order chi connectivity index (χ0) is 15.4. The highest BCUT2D eigenvalue weighted by atomic mass is 35.5. The van der Waals surface area contributed by atoms with Crippen molar-refractivity contribution in [3.8, 4) is 5.75 Å². The molecule has 21 heavy (non-hydrogen) atoms. The lowest BCUT2D eigenvalue weighted by molar-refractivity contribution is -0.384. The topological polar surface area (TPSA) is 64.4 Å². The van der Waals surface area contributed by atoms with Gasteiger partial charge in [-0.05, 0) is 25.1 Å². The fourth-order valence-corrected chi connectivity index (χ4v) is 2.19. The number of ether oxygens (including phenoxy) is 1. The van der Waals surface area contributed by atoms with E-state index in [1.165, 1.54) is 12.1 Å². The van der Waals surface area contributed by atoms with Gasteiger partial charge in [-0.2, -0.15) is 0 Å². The Hall–Kier alpha value is -2.27. The lowest BCUT2D eigenvalue weighted by atomic mass is 10.1. The van der Waals surface area contributed by atoms with E-state index in [1.807, 2.05) is 25.1 Å². The minimum Gasteiger partial charge on any atom is -0.496 e. The summed E-state index contributed by atoms with van der Waals surface area (Å²) in [5.74, 6) is 0.775. The smallest absolute Gasteiger partial charge is 0.289 e. The summed E-state index contributed by atoms with van der Waals surface area (Å²) in [6.45, 7) is 2.50. The van der Waals surface area contributed by atoms with Crippen molar-refractivity contribution < 1.29 is 9.66 Å². The molecule has 0 aliphatic rings. The second-order valence-electron chi connectivity index (χ2n) is 4.59. The Morgan fingerprint density at radius 3 is 2.71 bits per heavy atom. The average Bonchev–Trinajstić information content (AvgIpc) is 2.46. The summed E-state index contributed by atoms with van der Waals surface area (Å²) < 4.78 is 5.30. The molecule has 0 heterocycles. The van der Waals surface area contributed by atoms with Crippen LogP contribution >= 0.6 is 11.6 Å². The van der Waals surface area contributed by atoms with Crippen LogP contribution < -0.4 is 10.1 Å². The molecule has 0 atom stereocenters. The Balaban J connectivity index is 2.19. The van der Waals surface area contributed by atoms with Gasteiger partial charge in [0.1, 0.15) is 10.8 Å². The van der Waals surface area contributed by atoms with Gasteiger partial charge >= 0.3 is 0 Å². The summed E-state index contributed by atoms with van der Waals surface area (Å²) in [5, 5.41) is 14.1. The molecule has 110 valence electrons. The van der Waals surface area contributed by atoms with Crippen LogP contribution in [0.2, 0.25) is 5.02 Å². The summed E-state index contributed by atoms with van der Waals surface area (Å²) in [7, 11) is 1.61. The lowest BCUT2D eigenvalue weighted by Gasteiger charge is -2.11. The van der Waals surface area contributed by atoms with Gasteiger partial charge < -0.3 is 10.1 Å². The normalized spacial score (nSPS) is 10.2. The number of nitro benzene ring substituents is 1. The number of nitro groups is 1. The van der Waals surface area contributed by atoms with E-state index in [0.29, 0.717) is 12.2 Å². The summed E-state index contributed by atoms with van der Waals surface area (Å²) in [5.41, 5.74) is 2.62. The number of aryl methyl sites for hydroxylation is 1. The fraction of sp³-hybridized carbons (Fsp3) is 0.200. The summed E-state index contributed by atoms with van der Waals surface area (Å²) in [6.07, 6.45) is 0. The van der Waals surface area contributed by atoms with Gasteiger partial charge in [-0.1, -0.05) is 29.3 Å². The van der Waals surface area contributed by atoms with E-state index in [4.69, 9.17) is 16.3 Å². The minimum atomic E-state index is -0.499. The van der Waals surface area contributed by atoms with E-state index in [0.717, 1.165) is 16.9 Å². The molecule has 0 aromatic heterocycles. The lowest BCUT2D eigenvalue weighted by Crippen LogP contribution is -2.02. The van der Waals surface area contributed by atoms with Crippen LogP contribution in [-0.2, 0) is 6.54 Å². The first kappa shape index (κ1) is 15.1. The highest BCUT2D eigenvalue weighted by Gasteiger charge is 2.13. The third-order valence-corrected chi connectivity index (χ3v) is 3.38. The molecule has 2 rings (SSSR count). The first-order valence-corrected chi connectivity index (χ1v) is 6.70. The molecule has 0 bridgehead atoms. The Labute approximate surface area is 127 Å². The second kappa shape index (κ2) is 6.45. The van der Waals surface area contributed by atoms with Crippen molar-refractivity contribution in [2.24, 2.45) is 0 Å². The molecule has 0 radical (unpaired) electrons. The summed E-state index contributed by atoms with van der Waals surface area (Å²) in [4.78, 5) is 10.4. The molecule has 0 aliphatic heterocycles. The standard InChI is InChI=1S/C15H15ClN2O3/c1-10-3-6-15(21-2)11(7-10)9-17-12-4-5-13(16)14(8-12)18(19)20/h3-8,17H,9H2,1-2H3. The summed E-state index contributed by atoms with van der Waals surface area (Å²) >= 11 is 5.79. The number of nitrogens with zero attached hydrogens (tertiary/aromatic N) is 1. The zero-order valence-electron chi connectivity index (χ0n) is 11.7. The van der Waals surface area contributed by atoms with Gasteiger partial charge in [0, 0.05) is 23.9 Å². The number of hydrogen-bond acceptors (Lipinski definition) is 4. The number of benzene rings is 2. The molecule has 0 fully saturated rings. The van der Waals surface area contributed by atoms with Crippen LogP contribution in [0.15, 0.2) is 36.4 Å². The Kier molecular flexibility index (Phi) is 4.65. The third kappa shape index (κ3) is 3.64. The van der Waals surface area contributed by atoms with Gasteiger partial charge in [0.25, 0.3) is 5.69 Å². The molecule has 0 saturated carbocycles. The van der Waals surface area contributed by atoms with Crippen molar-refractivity contribution in [3.05, 3.63) is 62.7 Å². The molecule has 2 aromatic carbocycles. The predicted molar refractivity (Wildman–Crippen MR) is 83.2 cm³/mol. The number of rotatable bonds is 5. The van der Waals surface area contributed by atoms with Crippen LogP contribution in [0.5, 0.6) is 5.75 Å². The van der Waals surface area contributed by atoms with E-state index in [2.05, 4.69) is 5.32 Å². The fourth-order valence-electron chi connectivity index (χ4n) is 2.01. The van der Waals surface area contributed by atoms with Gasteiger partial charge in [0.2, 0.25) is 0 Å². The van der Waals surface area contributed by atoms with Crippen LogP contribution in [0.4, 0.5) is 11.4 Å². The first-order valence-electron chi connectivity index (χ1n) is 6.32. The van der Waals surface area contributed by atoms with Gasteiger partial charge in [-0.25, -0.2) is 0 Å². The van der Waals surface area contributed by atoms with Gasteiger partial charge in [-0.3, -0.25) is 10.1 Å². The van der Waals surface area contributed by atoms with E-state index in [9.17, 15) is 10.1 Å². The molecule has 0 unspecified atom stereocenters. The molecule has 5 nitrogen and oxygen atoms in total. The van der Waals surface area contributed by atoms with Crippen LogP contribution in [0.1, 0.15) is 11.1 Å². The van der Waals surface area contributed by atoms with Crippen molar-refractivity contribution in [1.29, 1.82) is 0 Å². The maximum Gasteiger partial charge on any atom is 0.289 e. The molecule has 0 aliphatic carbocycles. The van der Waals surface area contributed by atoms with Crippen LogP contribution in [0.3, 0.4) is 0 Å². The van der Waals surface area contributed by atoms with E-state index >= 15 is 0 Å². The van der Waals surface area contributed by atoms with Crippen LogP contribution in [0.25, 0.3) is 0 Å². The van der Waals surface area contributed by atoms with E-state index in [-0.39, 0.29) is 10.7 Å². The van der Waals surface area contributed by atoms with E-state index < -0.39 is 4.92 Å². The Morgan fingerprint density at radius 2 is 2.05 bits per heavy atom. The quantitative estimate of drug-likeness (QED) is 0.665. The Bertz CT molecular complexity index is 674. The predicted octanol–water partition coefficient (Wildman–Crippen LogP) is 4.18. The zero-order valence-corrected chi connectivity index (χ0v) is 12.5. The highest BCUT2D eigenvalue weighted by Crippen LogP contribution is 2.28. The monoisotopic (exact) mass is 306 g/mol. The molecule has 0 spiro atoms. The third-order valence-electron chi connectivity index (χ3n) is 3.06. The van der Waals surface area contributed by atoms with E-state index in [1.54, 1.807) is 13.2 Å². The highest BCUT2D eigenvalue weighted by molar-refractivity contribution is 6.32. The van der Waals surface area contributed by atoms with Crippen molar-refractivity contribution >= 4 is 23.0 Å².